The number of anilines is 1. The van der Waals surface area contributed by atoms with Crippen LogP contribution in [0.25, 0.3) is 0 Å². The molecule has 0 atom stereocenters. The largest absolute Gasteiger partial charge is 0.497 e. The summed E-state index contributed by atoms with van der Waals surface area (Å²) < 4.78 is 76.7. The summed E-state index contributed by atoms with van der Waals surface area (Å²) in [5.74, 6) is 0.986. The van der Waals surface area contributed by atoms with Crippen molar-refractivity contribution in [3.8, 4) is 11.5 Å². The van der Waals surface area contributed by atoms with Gasteiger partial charge in [0.15, 0.2) is 5.71 Å². The summed E-state index contributed by atoms with van der Waals surface area (Å²) in [6.45, 7) is 9.80. The molecule has 12 heteroatoms. The minimum Gasteiger partial charge on any atom is -0.497 e. The van der Waals surface area contributed by atoms with Gasteiger partial charge in [-0.3, -0.25) is 9.11 Å². The molecule has 2 aliphatic rings. The zero-order valence-corrected chi connectivity index (χ0v) is 29.7. The summed E-state index contributed by atoms with van der Waals surface area (Å²) in [4.78, 5) is 2.21. The van der Waals surface area contributed by atoms with Gasteiger partial charge in [0.25, 0.3) is 20.2 Å². The van der Waals surface area contributed by atoms with Crippen LogP contribution in [0.3, 0.4) is 0 Å². The van der Waals surface area contributed by atoms with E-state index in [0.29, 0.717) is 38.8 Å². The molecule has 47 heavy (non-hydrogen) atoms. The van der Waals surface area contributed by atoms with Gasteiger partial charge in [-0.15, -0.1) is 0 Å². The van der Waals surface area contributed by atoms with Gasteiger partial charge in [0.1, 0.15) is 18.0 Å². The summed E-state index contributed by atoms with van der Waals surface area (Å²) in [6.07, 6.45) is 12.0. The minimum absolute atomic E-state index is 0.271. The Morgan fingerprint density at radius 1 is 0.766 bits per heavy atom. The number of allylic oxidation sites excluding steroid dienone is 6. The van der Waals surface area contributed by atoms with Gasteiger partial charge >= 0.3 is 0 Å². The lowest BCUT2D eigenvalue weighted by Crippen LogP contribution is -2.28. The molecule has 2 aliphatic heterocycles. The third-order valence-corrected chi connectivity index (χ3v) is 10.6. The van der Waals surface area contributed by atoms with E-state index in [4.69, 9.17) is 9.47 Å². The maximum Gasteiger partial charge on any atom is 0.264 e. The first-order chi connectivity index (χ1) is 22.0. The molecular formula is C35H47N2O8S2+. The summed E-state index contributed by atoms with van der Waals surface area (Å²) in [5.41, 5.74) is 5.74. The highest BCUT2D eigenvalue weighted by atomic mass is 32.2. The number of nitrogens with zero attached hydrogens (tertiary/aromatic N) is 2. The summed E-state index contributed by atoms with van der Waals surface area (Å²) in [6, 6.07) is 12.0. The standard InChI is InChI=1S/C35H46N2O8S2/c1-34(2)28-24-26(44-5)16-18-30(28)36(20-10-12-22-46(38,39)40)32(34)14-8-7-9-15-33-35(3,4)29-25-27(45-6)17-19-31(29)37(33)21-11-13-23-47(41,42)43/h7-9,14-19,24-25H,10-13,20-23H2,1-6H3,(H-,38,39,40,41,42,43)/p+1. The van der Waals surface area contributed by atoms with Crippen molar-refractivity contribution < 1.29 is 40.0 Å². The molecule has 0 saturated heterocycles. The van der Waals surface area contributed by atoms with Crippen LogP contribution in [-0.2, 0) is 31.1 Å². The molecule has 2 heterocycles. The highest BCUT2D eigenvalue weighted by Crippen LogP contribution is 2.49. The zero-order chi connectivity index (χ0) is 34.6. The Kier molecular flexibility index (Phi) is 11.1. The Morgan fingerprint density at radius 3 is 1.98 bits per heavy atom. The van der Waals surface area contributed by atoms with Crippen molar-refractivity contribution in [2.24, 2.45) is 0 Å². The van der Waals surface area contributed by atoms with Crippen molar-refractivity contribution in [2.75, 3.05) is 43.7 Å². The third-order valence-electron chi connectivity index (χ3n) is 9.00. The molecule has 2 N–H and O–H groups in total. The summed E-state index contributed by atoms with van der Waals surface area (Å²) in [7, 11) is -4.75. The molecule has 256 valence electrons. The van der Waals surface area contributed by atoms with Crippen LogP contribution in [0.5, 0.6) is 11.5 Å². The monoisotopic (exact) mass is 687 g/mol. The second-order valence-corrected chi connectivity index (χ2v) is 16.1. The Morgan fingerprint density at radius 2 is 1.36 bits per heavy atom. The topological polar surface area (TPSA) is 133 Å². The van der Waals surface area contributed by atoms with Crippen LogP contribution < -0.4 is 14.4 Å². The van der Waals surface area contributed by atoms with Gasteiger partial charge in [-0.2, -0.15) is 21.4 Å². The second kappa shape index (κ2) is 14.3. The SMILES string of the molecule is COc1ccc2c(c1)C(C)(C)C(=CC=CC=CC1=[N+](CCCCS(=O)(=O)O)c3ccc(OC)cc3C1(C)C)N2CCCCS(=O)(=O)O. The third kappa shape index (κ3) is 8.53. The van der Waals surface area contributed by atoms with Crippen LogP contribution >= 0.6 is 0 Å². The van der Waals surface area contributed by atoms with Crippen molar-refractivity contribution in [3.63, 3.8) is 0 Å². The van der Waals surface area contributed by atoms with Gasteiger partial charge in [-0.25, -0.2) is 0 Å². The highest BCUT2D eigenvalue weighted by Gasteiger charge is 2.44. The number of unbranched alkanes of at least 4 members (excludes halogenated alkanes) is 2. The van der Waals surface area contributed by atoms with E-state index < -0.39 is 20.2 Å². The number of benzene rings is 2. The average Bonchev–Trinajstić information content (AvgIpc) is 3.33. The smallest absolute Gasteiger partial charge is 0.264 e. The molecule has 0 spiro atoms. The van der Waals surface area contributed by atoms with Crippen LogP contribution in [0.2, 0.25) is 0 Å². The molecule has 0 aliphatic carbocycles. The van der Waals surface area contributed by atoms with Gasteiger partial charge in [-0.1, -0.05) is 32.1 Å². The highest BCUT2D eigenvalue weighted by molar-refractivity contribution is 7.86. The van der Waals surface area contributed by atoms with E-state index >= 15 is 0 Å². The van der Waals surface area contributed by atoms with Crippen LogP contribution in [0.4, 0.5) is 11.4 Å². The molecule has 0 radical (unpaired) electrons. The fourth-order valence-corrected chi connectivity index (χ4v) is 7.65. The maximum absolute atomic E-state index is 11.3. The molecule has 0 saturated carbocycles. The molecule has 10 nitrogen and oxygen atoms in total. The number of hydrogen-bond donors (Lipinski definition) is 2. The number of fused-ring (bicyclic) bond motifs is 2. The first-order valence-corrected chi connectivity index (χ1v) is 19.0. The van der Waals surface area contributed by atoms with E-state index in [1.54, 1.807) is 14.2 Å². The zero-order valence-electron chi connectivity index (χ0n) is 28.1. The number of methoxy groups -OCH3 is 2. The van der Waals surface area contributed by atoms with Crippen molar-refractivity contribution >= 4 is 37.3 Å². The van der Waals surface area contributed by atoms with Gasteiger partial charge in [0.2, 0.25) is 5.69 Å². The number of ether oxygens (including phenoxy) is 2. The normalized spacial score (nSPS) is 18.0. The maximum atomic E-state index is 11.3. The van der Waals surface area contributed by atoms with Crippen molar-refractivity contribution in [1.29, 1.82) is 0 Å². The average molecular weight is 688 g/mol. The Balaban J connectivity index is 1.62. The lowest BCUT2D eigenvalue weighted by atomic mass is 9.81. The lowest BCUT2D eigenvalue weighted by molar-refractivity contribution is -0.438. The van der Waals surface area contributed by atoms with Crippen molar-refractivity contribution in [1.82, 2.24) is 0 Å². The van der Waals surface area contributed by atoms with Crippen molar-refractivity contribution in [2.45, 2.75) is 64.2 Å². The Bertz CT molecular complexity index is 1820. The van der Waals surface area contributed by atoms with Crippen molar-refractivity contribution in [3.05, 3.63) is 83.6 Å². The van der Waals surface area contributed by atoms with Gasteiger partial charge in [-0.05, 0) is 75.1 Å². The predicted molar refractivity (Wildman–Crippen MR) is 187 cm³/mol. The van der Waals surface area contributed by atoms with E-state index in [9.17, 15) is 25.9 Å². The summed E-state index contributed by atoms with van der Waals surface area (Å²) >= 11 is 0. The van der Waals surface area contributed by atoms with Crippen LogP contribution in [-0.4, -0.2) is 75.0 Å². The molecule has 2 aromatic rings. The molecule has 4 rings (SSSR count). The van der Waals surface area contributed by atoms with Gasteiger partial charge < -0.3 is 14.4 Å². The predicted octanol–water partition coefficient (Wildman–Crippen LogP) is 6.21. The van der Waals surface area contributed by atoms with Gasteiger partial charge in [0, 0.05) is 47.5 Å². The van der Waals surface area contributed by atoms with Crippen LogP contribution in [0.1, 0.15) is 64.5 Å². The van der Waals surface area contributed by atoms with Crippen LogP contribution in [0.15, 0.2) is 72.5 Å². The number of rotatable bonds is 15. The quantitative estimate of drug-likeness (QED) is 0.0971. The van der Waals surface area contributed by atoms with E-state index in [1.807, 2.05) is 54.6 Å². The van der Waals surface area contributed by atoms with Gasteiger partial charge in [0.05, 0.1) is 31.1 Å². The van der Waals surface area contributed by atoms with E-state index in [1.165, 1.54) is 0 Å². The fraction of sp³-hybridized carbons (Fsp3) is 0.457. The molecular weight excluding hydrogens is 641 g/mol. The van der Waals surface area contributed by atoms with E-state index in [-0.39, 0.29) is 22.3 Å². The van der Waals surface area contributed by atoms with E-state index in [2.05, 4.69) is 49.3 Å². The first-order valence-electron chi connectivity index (χ1n) is 15.7. The number of hydrogen-bond acceptors (Lipinski definition) is 7. The van der Waals surface area contributed by atoms with E-state index in [0.717, 1.165) is 45.4 Å². The lowest BCUT2D eigenvalue weighted by Gasteiger charge is -2.27. The molecule has 0 fully saturated rings. The molecule has 0 amide bonds. The Labute approximate surface area is 279 Å². The summed E-state index contributed by atoms with van der Waals surface area (Å²) in [5, 5.41) is 0. The second-order valence-electron chi connectivity index (χ2n) is 13.0. The first kappa shape index (κ1) is 36.4. The molecule has 0 unspecified atom stereocenters. The fourth-order valence-electron chi connectivity index (χ4n) is 6.51. The minimum atomic E-state index is -4.01. The molecule has 2 aromatic carbocycles. The van der Waals surface area contributed by atoms with Crippen LogP contribution in [0, 0.1) is 0 Å². The molecule has 0 aromatic heterocycles. The molecule has 0 bridgehead atoms. The Hall–Kier alpha value is -3.45.